The molecule has 6 nitrogen and oxygen atoms in total. The van der Waals surface area contributed by atoms with Crippen molar-refractivity contribution in [3.63, 3.8) is 0 Å². The number of carbonyl (C=O) groups excluding carboxylic acids is 2. The molecule has 2 rings (SSSR count). The van der Waals surface area contributed by atoms with Gasteiger partial charge in [-0.2, -0.15) is 0 Å². The third-order valence-electron chi connectivity index (χ3n) is 3.48. The third kappa shape index (κ3) is 3.98. The lowest BCUT2D eigenvalue weighted by Gasteiger charge is -2.21. The van der Waals surface area contributed by atoms with Gasteiger partial charge in [0.1, 0.15) is 17.1 Å². The molecule has 1 aromatic heterocycles. The molecular formula is C17H20N2O4. The van der Waals surface area contributed by atoms with Crippen molar-refractivity contribution in [3.8, 4) is 0 Å². The highest BCUT2D eigenvalue weighted by atomic mass is 16.4. The van der Waals surface area contributed by atoms with E-state index < -0.39 is 5.60 Å². The van der Waals surface area contributed by atoms with Crippen LogP contribution < -0.4 is 10.6 Å². The van der Waals surface area contributed by atoms with Gasteiger partial charge in [-0.3, -0.25) is 9.59 Å². The van der Waals surface area contributed by atoms with Gasteiger partial charge in [0.05, 0.1) is 6.54 Å². The topological polar surface area (TPSA) is 91.6 Å². The van der Waals surface area contributed by atoms with E-state index in [4.69, 9.17) is 4.42 Å². The molecule has 0 radical (unpaired) electrons. The quantitative estimate of drug-likeness (QED) is 0.781. The molecule has 0 saturated carbocycles. The molecule has 2 aromatic rings. The van der Waals surface area contributed by atoms with E-state index in [2.05, 4.69) is 10.6 Å². The monoisotopic (exact) mass is 316 g/mol. The van der Waals surface area contributed by atoms with Gasteiger partial charge in [0.15, 0.2) is 0 Å². The third-order valence-corrected chi connectivity index (χ3v) is 3.48. The maximum atomic E-state index is 12.2. The zero-order chi connectivity index (χ0) is 17.0. The Balaban J connectivity index is 2.06. The molecule has 23 heavy (non-hydrogen) atoms. The summed E-state index contributed by atoms with van der Waals surface area (Å²) in [5.74, 6) is 0.427. The summed E-state index contributed by atoms with van der Waals surface area (Å²) in [6.45, 7) is 3.33. The summed E-state index contributed by atoms with van der Waals surface area (Å²) in [6.07, 6.45) is 0. The van der Waals surface area contributed by atoms with Crippen LogP contribution in [0.15, 0.2) is 40.8 Å². The predicted molar refractivity (Wildman–Crippen MR) is 85.2 cm³/mol. The summed E-state index contributed by atoms with van der Waals surface area (Å²) in [4.78, 5) is 23.8. The second-order valence-corrected chi connectivity index (χ2v) is 5.53. The van der Waals surface area contributed by atoms with Crippen LogP contribution in [0, 0.1) is 6.92 Å². The first kappa shape index (κ1) is 16.8. The summed E-state index contributed by atoms with van der Waals surface area (Å²) < 4.78 is 5.40. The second kappa shape index (κ2) is 6.66. The molecule has 122 valence electrons. The Hall–Kier alpha value is -2.60. The van der Waals surface area contributed by atoms with Gasteiger partial charge in [0.2, 0.25) is 0 Å². The minimum Gasteiger partial charge on any atom is -0.463 e. The van der Waals surface area contributed by atoms with Crippen LogP contribution in [0.25, 0.3) is 0 Å². The Labute approximate surface area is 134 Å². The number of nitrogens with one attached hydrogen (secondary N) is 2. The standard InChI is InChI=1S/C17H20N2O4/c1-11-7-8-14(23-11)17(2,22)10-19-16(21)13-6-4-5-12(9-13)15(20)18-3/h4-9,22H,10H2,1-3H3,(H,18,20)(H,19,21). The van der Waals surface area contributed by atoms with Crippen LogP contribution in [0.4, 0.5) is 0 Å². The number of amides is 2. The molecule has 6 heteroatoms. The van der Waals surface area contributed by atoms with Crippen molar-refractivity contribution in [2.45, 2.75) is 19.4 Å². The summed E-state index contributed by atoms with van der Waals surface area (Å²) in [7, 11) is 1.53. The van der Waals surface area contributed by atoms with Crippen molar-refractivity contribution in [1.82, 2.24) is 10.6 Å². The highest BCUT2D eigenvalue weighted by Crippen LogP contribution is 2.22. The highest BCUT2D eigenvalue weighted by Gasteiger charge is 2.27. The van der Waals surface area contributed by atoms with Gasteiger partial charge in [-0.25, -0.2) is 0 Å². The van der Waals surface area contributed by atoms with Gasteiger partial charge in [-0.15, -0.1) is 0 Å². The van der Waals surface area contributed by atoms with Crippen LogP contribution in [0.3, 0.4) is 0 Å². The van der Waals surface area contributed by atoms with Crippen molar-refractivity contribution < 1.29 is 19.1 Å². The SMILES string of the molecule is CNC(=O)c1cccc(C(=O)NCC(C)(O)c2ccc(C)o2)c1. The van der Waals surface area contributed by atoms with E-state index in [1.54, 1.807) is 44.2 Å². The number of aryl methyl sites for hydroxylation is 1. The molecule has 1 unspecified atom stereocenters. The number of furan rings is 1. The molecule has 0 aliphatic rings. The Morgan fingerprint density at radius 2 is 1.83 bits per heavy atom. The summed E-state index contributed by atoms with van der Waals surface area (Å²) >= 11 is 0. The zero-order valence-corrected chi connectivity index (χ0v) is 13.3. The van der Waals surface area contributed by atoms with E-state index in [0.29, 0.717) is 22.6 Å². The van der Waals surface area contributed by atoms with E-state index in [1.165, 1.54) is 13.1 Å². The molecule has 1 heterocycles. The first-order valence-corrected chi connectivity index (χ1v) is 7.23. The van der Waals surface area contributed by atoms with Gasteiger partial charge >= 0.3 is 0 Å². The number of rotatable bonds is 5. The largest absolute Gasteiger partial charge is 0.463 e. The van der Waals surface area contributed by atoms with E-state index in [0.717, 1.165) is 0 Å². The Bertz CT molecular complexity index is 719. The van der Waals surface area contributed by atoms with Crippen LogP contribution in [0.5, 0.6) is 0 Å². The minimum atomic E-state index is -1.32. The molecule has 3 N–H and O–H groups in total. The Morgan fingerprint density at radius 3 is 2.39 bits per heavy atom. The average Bonchev–Trinajstić information content (AvgIpc) is 2.99. The molecule has 0 bridgehead atoms. The smallest absolute Gasteiger partial charge is 0.251 e. The van der Waals surface area contributed by atoms with Gasteiger partial charge in [0.25, 0.3) is 11.8 Å². The van der Waals surface area contributed by atoms with E-state index in [-0.39, 0.29) is 18.4 Å². The molecule has 2 amide bonds. The molecule has 0 aliphatic carbocycles. The zero-order valence-electron chi connectivity index (χ0n) is 13.3. The molecule has 0 saturated heterocycles. The molecular weight excluding hydrogens is 296 g/mol. The van der Waals surface area contributed by atoms with Crippen molar-refractivity contribution >= 4 is 11.8 Å². The van der Waals surface area contributed by atoms with Crippen molar-refractivity contribution in [2.75, 3.05) is 13.6 Å². The van der Waals surface area contributed by atoms with Crippen molar-refractivity contribution in [1.29, 1.82) is 0 Å². The second-order valence-electron chi connectivity index (χ2n) is 5.53. The predicted octanol–water partition coefficient (Wildman–Crippen LogP) is 1.59. The fourth-order valence-corrected chi connectivity index (χ4v) is 2.11. The number of aliphatic hydroxyl groups is 1. The van der Waals surface area contributed by atoms with Crippen LogP contribution in [0.2, 0.25) is 0 Å². The summed E-state index contributed by atoms with van der Waals surface area (Å²) in [5, 5.41) is 15.6. The Morgan fingerprint density at radius 1 is 1.17 bits per heavy atom. The van der Waals surface area contributed by atoms with Crippen LogP contribution in [0.1, 0.15) is 39.2 Å². The molecule has 0 aliphatic heterocycles. The van der Waals surface area contributed by atoms with Gasteiger partial charge in [0, 0.05) is 18.2 Å². The minimum absolute atomic E-state index is 0.0109. The fraction of sp³-hybridized carbons (Fsp3) is 0.294. The number of hydrogen-bond acceptors (Lipinski definition) is 4. The van der Waals surface area contributed by atoms with E-state index in [9.17, 15) is 14.7 Å². The van der Waals surface area contributed by atoms with Crippen molar-refractivity contribution in [2.24, 2.45) is 0 Å². The first-order valence-electron chi connectivity index (χ1n) is 7.23. The summed E-state index contributed by atoms with van der Waals surface area (Å²) in [5.41, 5.74) is -0.575. The van der Waals surface area contributed by atoms with Crippen LogP contribution in [-0.2, 0) is 5.60 Å². The molecule has 0 spiro atoms. The van der Waals surface area contributed by atoms with Gasteiger partial charge in [-0.1, -0.05) is 6.07 Å². The number of hydrogen-bond donors (Lipinski definition) is 3. The normalized spacial score (nSPS) is 13.2. The van der Waals surface area contributed by atoms with E-state index >= 15 is 0 Å². The lowest BCUT2D eigenvalue weighted by Crippen LogP contribution is -2.38. The van der Waals surface area contributed by atoms with E-state index in [1.807, 2.05) is 0 Å². The summed E-state index contributed by atoms with van der Waals surface area (Å²) in [6, 6.07) is 9.78. The Kier molecular flexibility index (Phi) is 4.86. The van der Waals surface area contributed by atoms with Gasteiger partial charge < -0.3 is 20.2 Å². The van der Waals surface area contributed by atoms with Crippen LogP contribution in [-0.4, -0.2) is 30.5 Å². The number of benzene rings is 1. The highest BCUT2D eigenvalue weighted by molar-refractivity contribution is 5.99. The average molecular weight is 316 g/mol. The van der Waals surface area contributed by atoms with Gasteiger partial charge in [-0.05, 0) is 44.2 Å². The molecule has 1 atom stereocenters. The lowest BCUT2D eigenvalue weighted by molar-refractivity contribution is 0.0323. The maximum absolute atomic E-state index is 12.2. The van der Waals surface area contributed by atoms with Crippen molar-refractivity contribution in [3.05, 3.63) is 59.0 Å². The molecule has 1 aromatic carbocycles. The molecule has 0 fully saturated rings. The first-order chi connectivity index (χ1) is 10.8. The number of carbonyl (C=O) groups is 2. The lowest BCUT2D eigenvalue weighted by atomic mass is 10.0. The van der Waals surface area contributed by atoms with Crippen LogP contribution >= 0.6 is 0 Å². The fourth-order valence-electron chi connectivity index (χ4n) is 2.11. The maximum Gasteiger partial charge on any atom is 0.251 e.